The van der Waals surface area contributed by atoms with Crippen LogP contribution < -0.4 is 5.32 Å². The summed E-state index contributed by atoms with van der Waals surface area (Å²) in [6.45, 7) is 0.565. The van der Waals surface area contributed by atoms with Crippen molar-refractivity contribution in [3.8, 4) is 17.3 Å². The number of nitrogens with zero attached hydrogens (tertiary/aromatic N) is 5. The Morgan fingerprint density at radius 3 is 2.77 bits per heavy atom. The fraction of sp³-hybridized carbons (Fsp3) is 0.0455. The van der Waals surface area contributed by atoms with Crippen molar-refractivity contribution in [2.75, 3.05) is 5.32 Å². The third-order valence-electron chi connectivity index (χ3n) is 4.23. The van der Waals surface area contributed by atoms with Crippen molar-refractivity contribution in [3.05, 3.63) is 89.3 Å². The highest BCUT2D eigenvalue weighted by molar-refractivity contribution is 7.13. The number of carbonyl (C=O) groups excluding carboxylic acids is 1. The Morgan fingerprint density at radius 2 is 2.07 bits per heavy atom. The van der Waals surface area contributed by atoms with E-state index in [1.54, 1.807) is 34.7 Å². The monoisotopic (exact) mass is 412 g/mol. The van der Waals surface area contributed by atoms with Crippen molar-refractivity contribution in [1.82, 2.24) is 19.7 Å². The number of nitriles is 1. The Morgan fingerprint density at radius 1 is 1.20 bits per heavy atom. The summed E-state index contributed by atoms with van der Waals surface area (Å²) in [6, 6.07) is 15.6. The van der Waals surface area contributed by atoms with Crippen LogP contribution in [0.15, 0.2) is 78.2 Å². The third-order valence-corrected chi connectivity index (χ3v) is 4.92. The van der Waals surface area contributed by atoms with Gasteiger partial charge in [0.1, 0.15) is 17.3 Å². The third kappa shape index (κ3) is 4.48. The van der Waals surface area contributed by atoms with Crippen molar-refractivity contribution in [3.63, 3.8) is 0 Å². The highest BCUT2D eigenvalue weighted by Crippen LogP contribution is 2.24. The van der Waals surface area contributed by atoms with Gasteiger partial charge in [-0.05, 0) is 23.8 Å². The lowest BCUT2D eigenvalue weighted by molar-refractivity contribution is -0.112. The summed E-state index contributed by atoms with van der Waals surface area (Å²) in [5, 5.41) is 19.1. The molecule has 4 rings (SSSR count). The Bertz CT molecular complexity index is 1210. The number of carbonyl (C=O) groups is 1. The quantitative estimate of drug-likeness (QED) is 0.381. The first-order chi connectivity index (χ1) is 14.7. The van der Waals surface area contributed by atoms with Crippen molar-refractivity contribution in [2.24, 2.45) is 0 Å². The molecule has 0 bridgehead atoms. The lowest BCUT2D eigenvalue weighted by Gasteiger charge is -2.01. The van der Waals surface area contributed by atoms with Gasteiger partial charge in [-0.25, -0.2) is 4.98 Å². The molecule has 0 spiro atoms. The van der Waals surface area contributed by atoms with Crippen LogP contribution in [0, 0.1) is 11.3 Å². The normalized spacial score (nSPS) is 11.1. The maximum Gasteiger partial charge on any atom is 0.268 e. The van der Waals surface area contributed by atoms with E-state index in [0.717, 1.165) is 11.1 Å². The summed E-state index contributed by atoms with van der Waals surface area (Å²) < 4.78 is 1.79. The molecule has 4 aromatic rings. The van der Waals surface area contributed by atoms with Gasteiger partial charge in [0.05, 0.1) is 6.54 Å². The maximum atomic E-state index is 12.5. The SMILES string of the molecule is N#C/C(=C/c1cn(Cc2ccccc2)nc1-c1cccnc1)C(=O)Nc1nccs1. The Balaban J connectivity index is 1.70. The second-order valence-electron chi connectivity index (χ2n) is 6.32. The smallest absolute Gasteiger partial charge is 0.268 e. The minimum atomic E-state index is -0.514. The van der Waals surface area contributed by atoms with Crippen molar-refractivity contribution in [2.45, 2.75) is 6.54 Å². The first kappa shape index (κ1) is 19.2. The fourth-order valence-electron chi connectivity index (χ4n) is 2.87. The molecular weight excluding hydrogens is 396 g/mol. The van der Waals surface area contributed by atoms with Gasteiger partial charge in [-0.2, -0.15) is 10.4 Å². The van der Waals surface area contributed by atoms with E-state index in [4.69, 9.17) is 0 Å². The van der Waals surface area contributed by atoms with E-state index in [-0.39, 0.29) is 5.57 Å². The zero-order valence-electron chi connectivity index (χ0n) is 15.8. The molecule has 0 fully saturated rings. The zero-order valence-corrected chi connectivity index (χ0v) is 16.6. The van der Waals surface area contributed by atoms with Gasteiger partial charge in [0.25, 0.3) is 5.91 Å². The van der Waals surface area contributed by atoms with Crippen molar-refractivity contribution >= 4 is 28.5 Å². The second-order valence-corrected chi connectivity index (χ2v) is 7.21. The molecule has 0 unspecified atom stereocenters. The number of nitrogens with one attached hydrogen (secondary N) is 1. The molecule has 8 heteroatoms. The van der Waals surface area contributed by atoms with E-state index >= 15 is 0 Å². The zero-order chi connectivity index (χ0) is 20.8. The average Bonchev–Trinajstić information content (AvgIpc) is 3.43. The highest BCUT2D eigenvalue weighted by Gasteiger charge is 2.15. The molecule has 146 valence electrons. The van der Waals surface area contributed by atoms with E-state index in [1.807, 2.05) is 54.7 Å². The van der Waals surface area contributed by atoms with Gasteiger partial charge in [-0.15, -0.1) is 11.3 Å². The summed E-state index contributed by atoms with van der Waals surface area (Å²) in [6.07, 6.45) is 8.34. The van der Waals surface area contributed by atoms with E-state index in [1.165, 1.54) is 11.3 Å². The molecule has 1 N–H and O–H groups in total. The second kappa shape index (κ2) is 8.94. The molecule has 7 nitrogen and oxygen atoms in total. The molecule has 3 aromatic heterocycles. The summed E-state index contributed by atoms with van der Waals surface area (Å²) >= 11 is 1.29. The summed E-state index contributed by atoms with van der Waals surface area (Å²) in [5.74, 6) is -0.514. The molecule has 0 aliphatic rings. The summed E-state index contributed by atoms with van der Waals surface area (Å²) in [7, 11) is 0. The Labute approximate surface area is 177 Å². The fourth-order valence-corrected chi connectivity index (χ4v) is 3.40. The number of thiazole rings is 1. The van der Waals surface area contributed by atoms with Crippen LogP contribution in [0.4, 0.5) is 5.13 Å². The molecule has 1 aromatic carbocycles. The lowest BCUT2D eigenvalue weighted by atomic mass is 10.1. The number of hydrogen-bond acceptors (Lipinski definition) is 6. The van der Waals surface area contributed by atoms with Crippen LogP contribution in [0.3, 0.4) is 0 Å². The minimum Gasteiger partial charge on any atom is -0.297 e. The lowest BCUT2D eigenvalue weighted by Crippen LogP contribution is -2.13. The number of hydrogen-bond donors (Lipinski definition) is 1. The number of benzene rings is 1. The topological polar surface area (TPSA) is 96.5 Å². The van der Waals surface area contributed by atoms with Gasteiger partial charge in [0.15, 0.2) is 5.13 Å². The van der Waals surface area contributed by atoms with Crippen LogP contribution in [0.25, 0.3) is 17.3 Å². The van der Waals surface area contributed by atoms with Crippen LogP contribution in [0.1, 0.15) is 11.1 Å². The molecule has 0 aliphatic heterocycles. The van der Waals surface area contributed by atoms with Gasteiger partial charge in [-0.3, -0.25) is 19.8 Å². The maximum absolute atomic E-state index is 12.5. The molecule has 0 atom stereocenters. The minimum absolute atomic E-state index is 0.0328. The molecule has 30 heavy (non-hydrogen) atoms. The Kier molecular flexibility index (Phi) is 5.73. The molecule has 3 heterocycles. The van der Waals surface area contributed by atoms with Crippen LogP contribution in [0.2, 0.25) is 0 Å². The van der Waals surface area contributed by atoms with Crippen LogP contribution in [-0.4, -0.2) is 25.7 Å². The van der Waals surface area contributed by atoms with Gasteiger partial charge in [-0.1, -0.05) is 30.3 Å². The number of aromatic nitrogens is 4. The first-order valence-corrected chi connectivity index (χ1v) is 9.95. The molecule has 1 amide bonds. The predicted molar refractivity (Wildman–Crippen MR) is 115 cm³/mol. The largest absolute Gasteiger partial charge is 0.297 e. The summed E-state index contributed by atoms with van der Waals surface area (Å²) in [4.78, 5) is 20.7. The highest BCUT2D eigenvalue weighted by atomic mass is 32.1. The molecular formula is C22H16N6OS. The number of anilines is 1. The average molecular weight is 412 g/mol. The molecule has 0 saturated carbocycles. The first-order valence-electron chi connectivity index (χ1n) is 9.07. The number of amides is 1. The van der Waals surface area contributed by atoms with E-state index in [0.29, 0.717) is 22.9 Å². The predicted octanol–water partition coefficient (Wildman–Crippen LogP) is 4.00. The van der Waals surface area contributed by atoms with Gasteiger partial charge >= 0.3 is 0 Å². The van der Waals surface area contributed by atoms with Crippen LogP contribution >= 0.6 is 11.3 Å². The van der Waals surface area contributed by atoms with E-state index < -0.39 is 5.91 Å². The van der Waals surface area contributed by atoms with E-state index in [2.05, 4.69) is 20.4 Å². The van der Waals surface area contributed by atoms with Gasteiger partial charge < -0.3 is 0 Å². The molecule has 0 radical (unpaired) electrons. The standard InChI is InChI=1S/C22H16N6OS/c23-12-18(21(29)26-22-25-9-10-30-22)11-19-15-28(14-16-5-2-1-3-6-16)27-20(19)17-7-4-8-24-13-17/h1-11,13,15H,14H2,(H,25,26,29)/b18-11-. The molecule has 0 saturated heterocycles. The summed E-state index contributed by atoms with van der Waals surface area (Å²) in [5.41, 5.74) is 3.16. The van der Waals surface area contributed by atoms with Gasteiger partial charge in [0.2, 0.25) is 0 Å². The van der Waals surface area contributed by atoms with Crippen molar-refractivity contribution < 1.29 is 4.79 Å². The number of pyridine rings is 1. The van der Waals surface area contributed by atoms with Crippen molar-refractivity contribution in [1.29, 1.82) is 5.26 Å². The molecule has 0 aliphatic carbocycles. The van der Waals surface area contributed by atoms with E-state index in [9.17, 15) is 10.1 Å². The Hall–Kier alpha value is -4.09. The van der Waals surface area contributed by atoms with Crippen LogP contribution in [-0.2, 0) is 11.3 Å². The van der Waals surface area contributed by atoms with Gasteiger partial charge in [0, 0.05) is 41.3 Å². The number of rotatable bonds is 6. The van der Waals surface area contributed by atoms with Crippen LogP contribution in [0.5, 0.6) is 0 Å².